The third-order valence-electron chi connectivity index (χ3n) is 4.68. The lowest BCUT2D eigenvalue weighted by molar-refractivity contribution is -0.122. The van der Waals surface area contributed by atoms with Crippen LogP contribution in [-0.2, 0) is 21.5 Å². The highest BCUT2D eigenvalue weighted by molar-refractivity contribution is 6.07. The number of hydrogen-bond acceptors (Lipinski definition) is 3. The number of aryl methyl sites for hydroxylation is 1. The summed E-state index contributed by atoms with van der Waals surface area (Å²) in [7, 11) is 0. The zero-order chi connectivity index (χ0) is 17.9. The van der Waals surface area contributed by atoms with Crippen LogP contribution in [-0.4, -0.2) is 34.5 Å². The van der Waals surface area contributed by atoms with E-state index in [4.69, 9.17) is 0 Å². The minimum absolute atomic E-state index is 0.0272. The van der Waals surface area contributed by atoms with Gasteiger partial charge in [0, 0.05) is 44.1 Å². The van der Waals surface area contributed by atoms with Crippen molar-refractivity contribution in [2.45, 2.75) is 38.6 Å². The van der Waals surface area contributed by atoms with Crippen LogP contribution >= 0.6 is 0 Å². The fourth-order valence-corrected chi connectivity index (χ4v) is 3.23. The minimum Gasteiger partial charge on any atom is -0.356 e. The van der Waals surface area contributed by atoms with Crippen LogP contribution in [0.1, 0.15) is 32.3 Å². The van der Waals surface area contributed by atoms with Crippen LogP contribution in [0.2, 0.25) is 0 Å². The molecule has 6 heteroatoms. The Morgan fingerprint density at radius 3 is 2.80 bits per heavy atom. The van der Waals surface area contributed by atoms with Crippen molar-refractivity contribution in [3.63, 3.8) is 0 Å². The van der Waals surface area contributed by atoms with Crippen molar-refractivity contribution in [2.24, 2.45) is 0 Å². The van der Waals surface area contributed by atoms with Gasteiger partial charge in [0.1, 0.15) is 0 Å². The summed E-state index contributed by atoms with van der Waals surface area (Å²) >= 11 is 0. The molecule has 1 aliphatic heterocycles. The first-order valence-corrected chi connectivity index (χ1v) is 8.64. The summed E-state index contributed by atoms with van der Waals surface area (Å²) in [5.41, 5.74) is 1.42. The number of carbonyl (C=O) groups is 2. The van der Waals surface area contributed by atoms with E-state index in [1.807, 2.05) is 48.9 Å². The van der Waals surface area contributed by atoms with Gasteiger partial charge in [-0.25, -0.2) is 4.98 Å². The van der Waals surface area contributed by atoms with Gasteiger partial charge in [0.25, 0.3) is 0 Å². The molecule has 0 aliphatic carbocycles. The van der Waals surface area contributed by atoms with Gasteiger partial charge in [0.15, 0.2) is 0 Å². The average molecular weight is 340 g/mol. The molecule has 6 nitrogen and oxygen atoms in total. The molecule has 1 aliphatic rings. The highest BCUT2D eigenvalue weighted by Crippen LogP contribution is 2.41. The van der Waals surface area contributed by atoms with Crippen LogP contribution in [0.5, 0.6) is 0 Å². The summed E-state index contributed by atoms with van der Waals surface area (Å²) in [5.74, 6) is 0.0298. The largest absolute Gasteiger partial charge is 0.356 e. The Morgan fingerprint density at radius 1 is 1.24 bits per heavy atom. The van der Waals surface area contributed by atoms with E-state index in [0.717, 1.165) is 24.2 Å². The van der Waals surface area contributed by atoms with Crippen molar-refractivity contribution in [2.75, 3.05) is 18.0 Å². The number of nitrogens with zero attached hydrogens (tertiary/aromatic N) is 3. The number of hydrogen-bond donors (Lipinski definition) is 1. The summed E-state index contributed by atoms with van der Waals surface area (Å²) in [6, 6.07) is 7.81. The number of aromatic nitrogens is 2. The predicted molar refractivity (Wildman–Crippen MR) is 96.3 cm³/mol. The second-order valence-corrected chi connectivity index (χ2v) is 6.85. The van der Waals surface area contributed by atoms with Gasteiger partial charge in [0.05, 0.1) is 11.7 Å². The molecule has 0 spiro atoms. The summed E-state index contributed by atoms with van der Waals surface area (Å²) in [4.78, 5) is 30.5. The van der Waals surface area contributed by atoms with Crippen molar-refractivity contribution < 1.29 is 9.59 Å². The molecule has 0 saturated heterocycles. The van der Waals surface area contributed by atoms with Gasteiger partial charge >= 0.3 is 0 Å². The number of benzene rings is 1. The maximum Gasteiger partial charge on any atom is 0.237 e. The summed E-state index contributed by atoms with van der Waals surface area (Å²) in [6.07, 6.45) is 6.56. The zero-order valence-electron chi connectivity index (χ0n) is 14.7. The summed E-state index contributed by atoms with van der Waals surface area (Å²) < 4.78 is 1.98. The van der Waals surface area contributed by atoms with Crippen molar-refractivity contribution >= 4 is 17.5 Å². The quantitative estimate of drug-likeness (QED) is 0.785. The second kappa shape index (κ2) is 7.09. The monoisotopic (exact) mass is 340 g/mol. The molecule has 0 radical (unpaired) electrons. The standard InChI is InChI=1S/C19H24N4O2/c1-19(2)15-6-3-4-7-16(15)23(18(19)25)12-8-17(24)21-9-5-11-22-13-10-20-14-22/h3-4,6-7,10,13-14H,5,8-9,11-12H2,1-2H3,(H,21,24). The number of fused-ring (bicyclic) bond motifs is 1. The van der Waals surface area contributed by atoms with E-state index in [1.54, 1.807) is 17.4 Å². The molecule has 25 heavy (non-hydrogen) atoms. The van der Waals surface area contributed by atoms with Crippen LogP contribution < -0.4 is 10.2 Å². The Labute approximate surface area is 147 Å². The number of amides is 2. The smallest absolute Gasteiger partial charge is 0.237 e. The number of nitrogens with one attached hydrogen (secondary N) is 1. The van der Waals surface area contributed by atoms with Gasteiger partial charge in [-0.15, -0.1) is 0 Å². The molecular formula is C19H24N4O2. The summed E-state index contributed by atoms with van der Waals surface area (Å²) in [6.45, 7) is 5.72. The van der Waals surface area contributed by atoms with Crippen LogP contribution in [0, 0.1) is 0 Å². The highest BCUT2D eigenvalue weighted by Gasteiger charge is 2.43. The van der Waals surface area contributed by atoms with Crippen LogP contribution in [0.25, 0.3) is 0 Å². The summed E-state index contributed by atoms with van der Waals surface area (Å²) in [5, 5.41) is 2.92. The lowest BCUT2D eigenvalue weighted by Gasteiger charge is -2.20. The molecule has 0 bridgehead atoms. The average Bonchev–Trinajstić information content (AvgIpc) is 3.18. The molecule has 1 aromatic heterocycles. The number of anilines is 1. The highest BCUT2D eigenvalue weighted by atomic mass is 16.2. The van der Waals surface area contributed by atoms with E-state index in [1.165, 1.54) is 0 Å². The molecule has 0 unspecified atom stereocenters. The maximum absolute atomic E-state index is 12.7. The van der Waals surface area contributed by atoms with Crippen LogP contribution in [0.4, 0.5) is 5.69 Å². The van der Waals surface area contributed by atoms with Crippen molar-refractivity contribution in [3.05, 3.63) is 48.5 Å². The Balaban J connectivity index is 1.48. The molecule has 132 valence electrons. The third-order valence-corrected chi connectivity index (χ3v) is 4.68. The Kier molecular flexibility index (Phi) is 4.88. The second-order valence-electron chi connectivity index (χ2n) is 6.85. The Hall–Kier alpha value is -2.63. The lowest BCUT2D eigenvalue weighted by Crippen LogP contribution is -2.38. The van der Waals surface area contributed by atoms with Gasteiger partial charge in [-0.3, -0.25) is 9.59 Å². The first-order chi connectivity index (χ1) is 12.0. The first-order valence-electron chi connectivity index (χ1n) is 8.64. The topological polar surface area (TPSA) is 67.2 Å². The molecule has 1 N–H and O–H groups in total. The van der Waals surface area contributed by atoms with Gasteiger partial charge in [-0.05, 0) is 31.9 Å². The van der Waals surface area contributed by atoms with Crippen molar-refractivity contribution in [3.8, 4) is 0 Å². The SMILES string of the molecule is CC1(C)C(=O)N(CCC(=O)NCCCn2ccnc2)c2ccccc21. The molecule has 0 saturated carbocycles. The molecule has 3 rings (SSSR count). The van der Waals surface area contributed by atoms with Gasteiger partial charge in [-0.1, -0.05) is 18.2 Å². The van der Waals surface area contributed by atoms with E-state index in [2.05, 4.69) is 10.3 Å². The van der Waals surface area contributed by atoms with E-state index in [0.29, 0.717) is 19.5 Å². The fraction of sp³-hybridized carbons (Fsp3) is 0.421. The first kappa shape index (κ1) is 17.2. The Morgan fingerprint density at radius 2 is 2.04 bits per heavy atom. The number of imidazole rings is 1. The van der Waals surface area contributed by atoms with E-state index < -0.39 is 5.41 Å². The van der Waals surface area contributed by atoms with E-state index in [-0.39, 0.29) is 11.8 Å². The number of para-hydroxylation sites is 1. The van der Waals surface area contributed by atoms with Gasteiger partial charge < -0.3 is 14.8 Å². The zero-order valence-corrected chi connectivity index (χ0v) is 14.7. The van der Waals surface area contributed by atoms with E-state index in [9.17, 15) is 9.59 Å². The van der Waals surface area contributed by atoms with E-state index >= 15 is 0 Å². The Bertz CT molecular complexity index is 753. The molecule has 1 aromatic carbocycles. The predicted octanol–water partition coefficient (Wildman–Crippen LogP) is 2.10. The normalized spacial score (nSPS) is 15.3. The third kappa shape index (κ3) is 3.57. The van der Waals surface area contributed by atoms with Gasteiger partial charge in [0.2, 0.25) is 11.8 Å². The molecule has 0 fully saturated rings. The molecule has 2 aromatic rings. The minimum atomic E-state index is -0.530. The molecule has 0 atom stereocenters. The molecular weight excluding hydrogens is 316 g/mol. The number of carbonyl (C=O) groups excluding carboxylic acids is 2. The number of rotatable bonds is 7. The lowest BCUT2D eigenvalue weighted by atomic mass is 9.86. The van der Waals surface area contributed by atoms with Crippen molar-refractivity contribution in [1.82, 2.24) is 14.9 Å². The van der Waals surface area contributed by atoms with Crippen LogP contribution in [0.15, 0.2) is 43.0 Å². The molecule has 2 amide bonds. The van der Waals surface area contributed by atoms with Crippen LogP contribution in [0.3, 0.4) is 0 Å². The maximum atomic E-state index is 12.7. The van der Waals surface area contributed by atoms with Crippen molar-refractivity contribution in [1.29, 1.82) is 0 Å². The fourth-order valence-electron chi connectivity index (χ4n) is 3.23. The van der Waals surface area contributed by atoms with Gasteiger partial charge in [-0.2, -0.15) is 0 Å². The molecule has 2 heterocycles.